The molecule has 4 rings (SSSR count). The molecule has 2 heterocycles. The first-order chi connectivity index (χ1) is 13.2. The van der Waals surface area contributed by atoms with E-state index in [1.807, 2.05) is 22.9 Å². The van der Waals surface area contributed by atoms with Crippen LogP contribution in [0.1, 0.15) is 37.7 Å². The second-order valence-electron chi connectivity index (χ2n) is 6.95. The number of carbonyl (C=O) groups is 1. The van der Waals surface area contributed by atoms with Crippen LogP contribution < -0.4 is 5.32 Å². The van der Waals surface area contributed by atoms with Gasteiger partial charge in [-0.2, -0.15) is 5.10 Å². The van der Waals surface area contributed by atoms with Crippen LogP contribution in [0.2, 0.25) is 0 Å². The molecule has 0 unspecified atom stereocenters. The van der Waals surface area contributed by atoms with Crippen LogP contribution in [-0.2, 0) is 4.79 Å². The summed E-state index contributed by atoms with van der Waals surface area (Å²) in [5.41, 5.74) is 2.88. The number of fused-ring (bicyclic) bond motifs is 1. The van der Waals surface area contributed by atoms with Gasteiger partial charge in [0.15, 0.2) is 5.65 Å². The van der Waals surface area contributed by atoms with Gasteiger partial charge in [-0.3, -0.25) is 4.79 Å². The van der Waals surface area contributed by atoms with Gasteiger partial charge in [0.2, 0.25) is 5.91 Å². The molecule has 1 N–H and O–H groups in total. The van der Waals surface area contributed by atoms with Crippen molar-refractivity contribution in [2.45, 2.75) is 50.1 Å². The first kappa shape index (κ1) is 18.0. The quantitative estimate of drug-likeness (QED) is 0.539. The van der Waals surface area contributed by atoms with Crippen molar-refractivity contribution in [1.82, 2.24) is 25.1 Å². The zero-order valence-corrected chi connectivity index (χ0v) is 16.2. The van der Waals surface area contributed by atoms with Crippen molar-refractivity contribution in [1.29, 1.82) is 0 Å². The first-order valence-corrected chi connectivity index (χ1v) is 10.4. The molecule has 6 nitrogen and oxygen atoms in total. The smallest absolute Gasteiger partial charge is 0.230 e. The summed E-state index contributed by atoms with van der Waals surface area (Å²) in [4.78, 5) is 21.1. The van der Waals surface area contributed by atoms with Gasteiger partial charge in [0.25, 0.3) is 0 Å². The molecule has 0 spiro atoms. The van der Waals surface area contributed by atoms with Gasteiger partial charge in [0.1, 0.15) is 11.4 Å². The van der Waals surface area contributed by atoms with Gasteiger partial charge >= 0.3 is 0 Å². The molecule has 0 atom stereocenters. The molecule has 0 bridgehead atoms. The fraction of sp³-hybridized carbons (Fsp3) is 0.400. The number of amides is 1. The third-order valence-corrected chi connectivity index (χ3v) is 5.99. The summed E-state index contributed by atoms with van der Waals surface area (Å²) in [7, 11) is 0. The van der Waals surface area contributed by atoms with Gasteiger partial charge in [-0.05, 0) is 31.4 Å². The Kier molecular flexibility index (Phi) is 5.38. The number of nitrogens with one attached hydrogen (secondary N) is 1. The van der Waals surface area contributed by atoms with E-state index in [-0.39, 0.29) is 5.91 Å². The average Bonchev–Trinajstić information content (AvgIpc) is 3.12. The predicted molar refractivity (Wildman–Crippen MR) is 107 cm³/mol. The molecule has 3 aromatic rings. The fourth-order valence-electron chi connectivity index (χ4n) is 3.57. The summed E-state index contributed by atoms with van der Waals surface area (Å²) < 4.78 is 1.83. The molecule has 1 amide bonds. The first-order valence-electron chi connectivity index (χ1n) is 9.39. The number of rotatable bonds is 5. The largest absolute Gasteiger partial charge is 0.353 e. The molecule has 1 aliphatic carbocycles. The Balaban J connectivity index is 1.50. The maximum absolute atomic E-state index is 12.3. The molecule has 1 aromatic carbocycles. The molecule has 1 aliphatic rings. The van der Waals surface area contributed by atoms with Crippen LogP contribution in [0.3, 0.4) is 0 Å². The molecule has 1 fully saturated rings. The van der Waals surface area contributed by atoms with Gasteiger partial charge in [-0.25, -0.2) is 14.6 Å². The van der Waals surface area contributed by atoms with Crippen molar-refractivity contribution in [3.8, 4) is 5.69 Å². The standard InChI is InChI=1S/C20H23N5OS/c1-14-7-5-6-10-17(14)25-19-16(11-23-25)20(22-13-21-19)27-12-18(26)24-15-8-3-2-4-9-15/h5-7,10-11,13,15H,2-4,8-9,12H2,1H3,(H,24,26). The van der Waals surface area contributed by atoms with E-state index in [1.165, 1.54) is 31.0 Å². The van der Waals surface area contributed by atoms with Crippen LogP contribution in [0.15, 0.2) is 41.8 Å². The molecule has 27 heavy (non-hydrogen) atoms. The van der Waals surface area contributed by atoms with Crippen LogP contribution in [-0.4, -0.2) is 37.5 Å². The van der Waals surface area contributed by atoms with Gasteiger partial charge in [-0.15, -0.1) is 0 Å². The van der Waals surface area contributed by atoms with Gasteiger partial charge in [-0.1, -0.05) is 49.2 Å². The lowest BCUT2D eigenvalue weighted by molar-refractivity contribution is -0.119. The Hall–Kier alpha value is -2.41. The monoisotopic (exact) mass is 381 g/mol. The fourth-order valence-corrected chi connectivity index (χ4v) is 4.34. The molecule has 1 saturated carbocycles. The minimum Gasteiger partial charge on any atom is -0.353 e. The Bertz CT molecular complexity index is 948. The highest BCUT2D eigenvalue weighted by Crippen LogP contribution is 2.26. The molecule has 140 valence electrons. The van der Waals surface area contributed by atoms with Crippen molar-refractivity contribution in [2.24, 2.45) is 0 Å². The number of benzene rings is 1. The van der Waals surface area contributed by atoms with Crippen molar-refractivity contribution in [3.05, 3.63) is 42.4 Å². The van der Waals surface area contributed by atoms with E-state index in [4.69, 9.17) is 0 Å². The summed E-state index contributed by atoms with van der Waals surface area (Å²) in [6.07, 6.45) is 9.22. The second-order valence-corrected chi connectivity index (χ2v) is 7.91. The van der Waals surface area contributed by atoms with E-state index in [9.17, 15) is 4.79 Å². The molecule has 0 aliphatic heterocycles. The van der Waals surface area contributed by atoms with Crippen LogP contribution in [0.25, 0.3) is 16.7 Å². The summed E-state index contributed by atoms with van der Waals surface area (Å²) >= 11 is 1.44. The molecular weight excluding hydrogens is 358 g/mol. The predicted octanol–water partition coefficient (Wildman–Crippen LogP) is 3.66. The van der Waals surface area contributed by atoms with Gasteiger partial charge < -0.3 is 5.32 Å². The normalized spacial score (nSPS) is 15.1. The summed E-state index contributed by atoms with van der Waals surface area (Å²) in [6.45, 7) is 2.05. The number of aryl methyl sites for hydroxylation is 1. The van der Waals surface area contributed by atoms with E-state index < -0.39 is 0 Å². The zero-order valence-electron chi connectivity index (χ0n) is 15.4. The van der Waals surface area contributed by atoms with Crippen molar-refractivity contribution in [3.63, 3.8) is 0 Å². The number of para-hydroxylation sites is 1. The van der Waals surface area contributed by atoms with E-state index in [2.05, 4.69) is 33.4 Å². The number of hydrogen-bond acceptors (Lipinski definition) is 5. The van der Waals surface area contributed by atoms with E-state index >= 15 is 0 Å². The van der Waals surface area contributed by atoms with Crippen LogP contribution in [0, 0.1) is 6.92 Å². The average molecular weight is 382 g/mol. The summed E-state index contributed by atoms with van der Waals surface area (Å²) in [6, 6.07) is 8.40. The molecule has 0 saturated heterocycles. The molecule has 0 radical (unpaired) electrons. The Labute approximate surface area is 162 Å². The highest BCUT2D eigenvalue weighted by atomic mass is 32.2. The van der Waals surface area contributed by atoms with Crippen LogP contribution in [0.5, 0.6) is 0 Å². The van der Waals surface area contributed by atoms with Crippen molar-refractivity contribution in [2.75, 3.05) is 5.75 Å². The Morgan fingerprint density at radius 3 is 2.85 bits per heavy atom. The minimum absolute atomic E-state index is 0.0740. The SMILES string of the molecule is Cc1ccccc1-n1ncc2c(SCC(=O)NC3CCCCC3)ncnc21. The topological polar surface area (TPSA) is 72.7 Å². The zero-order chi connectivity index (χ0) is 18.6. The third-order valence-electron chi connectivity index (χ3n) is 4.98. The molecular formula is C20H23N5OS. The Morgan fingerprint density at radius 1 is 1.22 bits per heavy atom. The number of nitrogens with zero attached hydrogens (tertiary/aromatic N) is 4. The lowest BCUT2D eigenvalue weighted by atomic mass is 9.95. The molecule has 7 heteroatoms. The van der Waals surface area contributed by atoms with Crippen LogP contribution in [0.4, 0.5) is 0 Å². The lowest BCUT2D eigenvalue weighted by Gasteiger charge is -2.22. The van der Waals surface area contributed by atoms with E-state index in [0.29, 0.717) is 11.8 Å². The van der Waals surface area contributed by atoms with Crippen LogP contribution >= 0.6 is 11.8 Å². The van der Waals surface area contributed by atoms with E-state index in [0.717, 1.165) is 40.2 Å². The van der Waals surface area contributed by atoms with Crippen molar-refractivity contribution >= 4 is 28.7 Å². The number of carbonyl (C=O) groups excluding carboxylic acids is 1. The highest BCUT2D eigenvalue weighted by Gasteiger charge is 2.17. The van der Waals surface area contributed by atoms with Gasteiger partial charge in [0.05, 0.1) is 23.0 Å². The maximum atomic E-state index is 12.3. The summed E-state index contributed by atoms with van der Waals surface area (Å²) in [5, 5.41) is 9.32. The Morgan fingerprint density at radius 2 is 2.04 bits per heavy atom. The van der Waals surface area contributed by atoms with Gasteiger partial charge in [0, 0.05) is 6.04 Å². The highest BCUT2D eigenvalue weighted by molar-refractivity contribution is 8.00. The lowest BCUT2D eigenvalue weighted by Crippen LogP contribution is -2.37. The second kappa shape index (κ2) is 8.08. The number of hydrogen-bond donors (Lipinski definition) is 1. The third kappa shape index (κ3) is 3.98. The summed E-state index contributed by atoms with van der Waals surface area (Å²) in [5.74, 6) is 0.433. The minimum atomic E-state index is 0.0740. The van der Waals surface area contributed by atoms with E-state index in [1.54, 1.807) is 12.5 Å². The molecule has 2 aromatic heterocycles. The number of thioether (sulfide) groups is 1. The number of aromatic nitrogens is 4. The maximum Gasteiger partial charge on any atom is 0.230 e. The van der Waals surface area contributed by atoms with Crippen molar-refractivity contribution < 1.29 is 4.79 Å².